The van der Waals surface area contributed by atoms with Crippen LogP contribution in [0.4, 0.5) is 17.2 Å². The third-order valence-corrected chi connectivity index (χ3v) is 4.97. The zero-order chi connectivity index (χ0) is 18.8. The van der Waals surface area contributed by atoms with Crippen molar-refractivity contribution in [3.63, 3.8) is 0 Å². The first-order valence-electron chi connectivity index (χ1n) is 9.07. The van der Waals surface area contributed by atoms with Crippen LogP contribution in [0, 0.1) is 0 Å². The summed E-state index contributed by atoms with van der Waals surface area (Å²) in [4.78, 5) is 22.0. The molecule has 1 aromatic carbocycles. The molecule has 0 saturated carbocycles. The summed E-state index contributed by atoms with van der Waals surface area (Å²) in [5, 5.41) is 12.9. The van der Waals surface area contributed by atoms with E-state index in [0.717, 1.165) is 37.6 Å². The third kappa shape index (κ3) is 3.51. The van der Waals surface area contributed by atoms with Crippen molar-refractivity contribution in [3.05, 3.63) is 64.6 Å². The first-order valence-corrected chi connectivity index (χ1v) is 9.07. The maximum absolute atomic E-state index is 12.8. The second-order valence-electron chi connectivity index (χ2n) is 6.80. The van der Waals surface area contributed by atoms with Crippen LogP contribution in [-0.4, -0.2) is 52.6 Å². The van der Waals surface area contributed by atoms with Crippen molar-refractivity contribution in [1.82, 2.24) is 14.3 Å². The molecule has 3 aromatic rings. The summed E-state index contributed by atoms with van der Waals surface area (Å²) in [6.45, 7) is 3.54. The van der Waals surface area contributed by atoms with Crippen LogP contribution in [0.2, 0.25) is 0 Å². The second kappa shape index (κ2) is 7.38. The van der Waals surface area contributed by atoms with Gasteiger partial charge >= 0.3 is 0 Å². The first kappa shape index (κ1) is 17.5. The number of fused-ring (bicyclic) bond motifs is 1. The summed E-state index contributed by atoms with van der Waals surface area (Å²) in [6, 6.07) is 13.4. The molecule has 0 spiro atoms. The highest BCUT2D eigenvalue weighted by atomic mass is 16.3. The number of aliphatic hydroxyl groups is 1. The topological polar surface area (TPSA) is 73.1 Å². The molecule has 7 nitrogen and oxygen atoms in total. The van der Waals surface area contributed by atoms with Crippen LogP contribution in [-0.2, 0) is 6.61 Å². The van der Waals surface area contributed by atoms with Crippen molar-refractivity contribution in [2.24, 2.45) is 0 Å². The molecule has 7 heteroatoms. The van der Waals surface area contributed by atoms with Crippen molar-refractivity contribution in [1.29, 1.82) is 0 Å². The molecule has 4 rings (SSSR count). The van der Waals surface area contributed by atoms with Gasteiger partial charge in [0.1, 0.15) is 11.5 Å². The second-order valence-corrected chi connectivity index (χ2v) is 6.80. The molecule has 2 aromatic heterocycles. The average molecular weight is 365 g/mol. The number of nitrogens with zero attached hydrogens (tertiary/aromatic N) is 4. The van der Waals surface area contributed by atoms with E-state index < -0.39 is 0 Å². The number of pyridine rings is 1. The molecule has 0 atom stereocenters. The summed E-state index contributed by atoms with van der Waals surface area (Å²) >= 11 is 0. The molecule has 3 heterocycles. The Bertz CT molecular complexity index is 994. The number of nitrogens with one attached hydrogen (secondary N) is 1. The van der Waals surface area contributed by atoms with Gasteiger partial charge in [-0.25, -0.2) is 4.98 Å². The van der Waals surface area contributed by atoms with E-state index in [1.807, 2.05) is 42.5 Å². The summed E-state index contributed by atoms with van der Waals surface area (Å²) in [6.07, 6.45) is 1.74. The lowest BCUT2D eigenvalue weighted by atomic mass is 10.2. The number of hydrogen-bond donors (Lipinski definition) is 2. The summed E-state index contributed by atoms with van der Waals surface area (Å²) in [5.41, 5.74) is 2.43. The Morgan fingerprint density at radius 1 is 1.11 bits per heavy atom. The van der Waals surface area contributed by atoms with Crippen LogP contribution >= 0.6 is 0 Å². The zero-order valence-corrected chi connectivity index (χ0v) is 15.3. The van der Waals surface area contributed by atoms with Gasteiger partial charge in [0.25, 0.3) is 5.56 Å². The Morgan fingerprint density at radius 2 is 1.85 bits per heavy atom. The zero-order valence-electron chi connectivity index (χ0n) is 15.3. The predicted molar refractivity (Wildman–Crippen MR) is 107 cm³/mol. The lowest BCUT2D eigenvalue weighted by Crippen LogP contribution is -2.44. The number of benzene rings is 1. The SMILES string of the molecule is CN1CCN(c2ccn3c(=O)c(CO)c(Nc4ccccc4)nc3c2)CC1. The fourth-order valence-corrected chi connectivity index (χ4v) is 3.33. The molecule has 0 radical (unpaired) electrons. The highest BCUT2D eigenvalue weighted by molar-refractivity contribution is 5.64. The van der Waals surface area contributed by atoms with Gasteiger partial charge in [-0.05, 0) is 25.2 Å². The quantitative estimate of drug-likeness (QED) is 0.733. The van der Waals surface area contributed by atoms with Gasteiger partial charge in [0.2, 0.25) is 0 Å². The molecule has 1 saturated heterocycles. The monoisotopic (exact) mass is 365 g/mol. The molecule has 27 heavy (non-hydrogen) atoms. The maximum atomic E-state index is 12.8. The number of anilines is 3. The van der Waals surface area contributed by atoms with Crippen LogP contribution in [0.5, 0.6) is 0 Å². The highest BCUT2D eigenvalue weighted by Crippen LogP contribution is 2.21. The van der Waals surface area contributed by atoms with E-state index in [9.17, 15) is 9.90 Å². The number of hydrogen-bond acceptors (Lipinski definition) is 6. The van der Waals surface area contributed by atoms with Crippen LogP contribution < -0.4 is 15.8 Å². The molecular formula is C20H23N5O2. The van der Waals surface area contributed by atoms with Gasteiger partial charge in [0.05, 0.1) is 12.2 Å². The normalized spacial score (nSPS) is 15.3. The van der Waals surface area contributed by atoms with Crippen molar-refractivity contribution < 1.29 is 5.11 Å². The summed E-state index contributed by atoms with van der Waals surface area (Å²) < 4.78 is 1.49. The Balaban J connectivity index is 1.75. The van der Waals surface area contributed by atoms with Crippen molar-refractivity contribution >= 4 is 22.8 Å². The Labute approximate surface area is 157 Å². The van der Waals surface area contributed by atoms with Crippen molar-refractivity contribution in [2.45, 2.75) is 6.61 Å². The predicted octanol–water partition coefficient (Wildman–Crippen LogP) is 1.68. The van der Waals surface area contributed by atoms with Crippen molar-refractivity contribution in [2.75, 3.05) is 43.4 Å². The van der Waals surface area contributed by atoms with Gasteiger partial charge in [-0.1, -0.05) is 18.2 Å². The molecule has 0 amide bonds. The number of aliphatic hydroxyl groups excluding tert-OH is 1. The number of para-hydroxylation sites is 1. The van der Waals surface area contributed by atoms with Crippen LogP contribution in [0.15, 0.2) is 53.5 Å². The molecule has 0 aliphatic carbocycles. The summed E-state index contributed by atoms with van der Waals surface area (Å²) in [5.74, 6) is 0.393. The third-order valence-electron chi connectivity index (χ3n) is 4.97. The number of rotatable bonds is 4. The van der Waals surface area contributed by atoms with E-state index in [0.29, 0.717) is 11.5 Å². The molecule has 0 unspecified atom stereocenters. The number of aromatic nitrogens is 2. The fraction of sp³-hybridized carbons (Fsp3) is 0.300. The molecule has 1 fully saturated rings. The van der Waals surface area contributed by atoms with E-state index in [1.165, 1.54) is 4.40 Å². The lowest BCUT2D eigenvalue weighted by Gasteiger charge is -2.34. The average Bonchev–Trinajstić information content (AvgIpc) is 2.69. The van der Waals surface area contributed by atoms with Crippen LogP contribution in [0.25, 0.3) is 5.65 Å². The van der Waals surface area contributed by atoms with Crippen molar-refractivity contribution in [3.8, 4) is 0 Å². The molecule has 140 valence electrons. The minimum atomic E-state index is -0.371. The van der Waals surface area contributed by atoms with Crippen LogP contribution in [0.1, 0.15) is 5.56 Å². The number of likely N-dealkylation sites (N-methyl/N-ethyl adjacent to an activating group) is 1. The standard InChI is InChI=1S/C20H23N5O2/c1-23-9-11-24(12-10-23)16-7-8-25-18(13-16)22-19(17(14-26)20(25)27)21-15-5-3-2-4-6-15/h2-8,13,21,26H,9-12,14H2,1H3. The highest BCUT2D eigenvalue weighted by Gasteiger charge is 2.17. The molecular weight excluding hydrogens is 342 g/mol. The van der Waals surface area contributed by atoms with Gasteiger partial charge in [0.15, 0.2) is 0 Å². The largest absolute Gasteiger partial charge is 0.391 e. The Morgan fingerprint density at radius 3 is 2.56 bits per heavy atom. The first-order chi connectivity index (χ1) is 13.2. The van der Waals surface area contributed by atoms with Crippen LogP contribution in [0.3, 0.4) is 0 Å². The summed E-state index contributed by atoms with van der Waals surface area (Å²) in [7, 11) is 2.12. The Hall–Kier alpha value is -2.90. The van der Waals surface area contributed by atoms with Gasteiger partial charge in [-0.3, -0.25) is 9.20 Å². The minimum absolute atomic E-state index is 0.253. The van der Waals surface area contributed by atoms with Gasteiger partial charge in [-0.15, -0.1) is 0 Å². The maximum Gasteiger partial charge on any atom is 0.265 e. The van der Waals surface area contributed by atoms with E-state index >= 15 is 0 Å². The smallest absolute Gasteiger partial charge is 0.265 e. The molecule has 1 aliphatic rings. The van der Waals surface area contributed by atoms with E-state index in [-0.39, 0.29) is 17.7 Å². The fourth-order valence-electron chi connectivity index (χ4n) is 3.33. The molecule has 0 bridgehead atoms. The number of piperazine rings is 1. The van der Waals surface area contributed by atoms with Gasteiger partial charge in [0, 0.05) is 49.8 Å². The molecule has 1 aliphatic heterocycles. The van der Waals surface area contributed by atoms with Gasteiger partial charge in [-0.2, -0.15) is 0 Å². The minimum Gasteiger partial charge on any atom is -0.391 e. The van der Waals surface area contributed by atoms with E-state index in [2.05, 4.69) is 27.1 Å². The van der Waals surface area contributed by atoms with Gasteiger partial charge < -0.3 is 20.2 Å². The lowest BCUT2D eigenvalue weighted by molar-refractivity contribution is 0.280. The van der Waals surface area contributed by atoms with E-state index in [1.54, 1.807) is 6.20 Å². The molecule has 2 N–H and O–H groups in total. The Kier molecular flexibility index (Phi) is 4.79. The van der Waals surface area contributed by atoms with E-state index in [4.69, 9.17) is 0 Å².